The summed E-state index contributed by atoms with van der Waals surface area (Å²) >= 11 is 0. The molecule has 1 aliphatic carbocycles. The summed E-state index contributed by atoms with van der Waals surface area (Å²) in [6.07, 6.45) is 4.33. The lowest BCUT2D eigenvalue weighted by molar-refractivity contribution is 0.628. The Bertz CT molecular complexity index is 1130. The average molecular weight is 357 g/mol. The second kappa shape index (κ2) is 6.31. The second-order valence-electron chi connectivity index (χ2n) is 7.16. The van der Waals surface area contributed by atoms with Gasteiger partial charge < -0.3 is 0 Å². The first kappa shape index (κ1) is 16.2. The first-order valence-corrected chi connectivity index (χ1v) is 9.45. The van der Waals surface area contributed by atoms with Gasteiger partial charge in [0.05, 0.1) is 16.8 Å². The van der Waals surface area contributed by atoms with Gasteiger partial charge in [0.15, 0.2) is 5.65 Å². The van der Waals surface area contributed by atoms with Gasteiger partial charge in [0.2, 0.25) is 0 Å². The highest BCUT2D eigenvalue weighted by atomic mass is 19.1. The number of halogens is 1. The van der Waals surface area contributed by atoms with Crippen molar-refractivity contribution in [3.05, 3.63) is 77.4 Å². The molecule has 0 spiro atoms. The van der Waals surface area contributed by atoms with Crippen LogP contribution in [0.3, 0.4) is 0 Å². The van der Waals surface area contributed by atoms with E-state index in [1.54, 1.807) is 0 Å². The first-order valence-electron chi connectivity index (χ1n) is 9.45. The number of aromatic nitrogens is 3. The molecule has 0 amide bonds. The van der Waals surface area contributed by atoms with Crippen LogP contribution < -0.4 is 0 Å². The molecular formula is C23H20FN3. The molecule has 5 rings (SSSR count). The summed E-state index contributed by atoms with van der Waals surface area (Å²) in [5.41, 5.74) is 7.52. The molecule has 1 aliphatic rings. The van der Waals surface area contributed by atoms with Crippen LogP contribution in [0.1, 0.15) is 29.8 Å². The number of fused-ring (bicyclic) bond motifs is 2. The van der Waals surface area contributed by atoms with Crippen LogP contribution in [-0.2, 0) is 12.8 Å². The third kappa shape index (κ3) is 2.64. The molecule has 2 aromatic carbocycles. The number of para-hydroxylation sites is 1. The number of rotatable bonds is 2. The Morgan fingerprint density at radius 1 is 0.926 bits per heavy atom. The van der Waals surface area contributed by atoms with Crippen molar-refractivity contribution in [2.75, 3.05) is 0 Å². The van der Waals surface area contributed by atoms with E-state index in [-0.39, 0.29) is 5.82 Å². The van der Waals surface area contributed by atoms with Gasteiger partial charge in [-0.2, -0.15) is 5.10 Å². The van der Waals surface area contributed by atoms with Gasteiger partial charge in [-0.25, -0.2) is 14.1 Å². The standard InChI is InChI=1S/C23H20FN3/c1-15-21-22(16-11-13-17(24)14-12-16)19-9-5-6-10-20(19)25-23(21)27(26-15)18-7-3-2-4-8-18/h2-4,7-8,11-14H,5-6,9-10H2,1H3. The molecule has 27 heavy (non-hydrogen) atoms. The van der Waals surface area contributed by atoms with Crippen LogP contribution in [-0.4, -0.2) is 14.8 Å². The first-order chi connectivity index (χ1) is 13.2. The predicted molar refractivity (Wildman–Crippen MR) is 106 cm³/mol. The highest BCUT2D eigenvalue weighted by molar-refractivity contribution is 5.97. The molecule has 0 N–H and O–H groups in total. The number of aryl methyl sites for hydroxylation is 2. The van der Waals surface area contributed by atoms with Crippen LogP contribution in [0.25, 0.3) is 27.8 Å². The Balaban J connectivity index is 1.87. The summed E-state index contributed by atoms with van der Waals surface area (Å²) in [4.78, 5) is 5.04. The summed E-state index contributed by atoms with van der Waals surface area (Å²) in [7, 11) is 0. The molecule has 2 aromatic heterocycles. The van der Waals surface area contributed by atoms with E-state index in [4.69, 9.17) is 10.1 Å². The van der Waals surface area contributed by atoms with E-state index in [1.807, 2.05) is 54.1 Å². The molecule has 0 unspecified atom stereocenters. The lowest BCUT2D eigenvalue weighted by Crippen LogP contribution is -2.09. The smallest absolute Gasteiger partial charge is 0.164 e. The summed E-state index contributed by atoms with van der Waals surface area (Å²) in [6, 6.07) is 16.9. The maximum absolute atomic E-state index is 13.5. The van der Waals surface area contributed by atoms with Crippen molar-refractivity contribution >= 4 is 11.0 Å². The van der Waals surface area contributed by atoms with E-state index in [0.717, 1.165) is 52.9 Å². The zero-order valence-corrected chi connectivity index (χ0v) is 15.2. The number of nitrogens with zero attached hydrogens (tertiary/aromatic N) is 3. The van der Waals surface area contributed by atoms with Gasteiger partial charge in [0.25, 0.3) is 0 Å². The topological polar surface area (TPSA) is 30.7 Å². The molecule has 4 aromatic rings. The van der Waals surface area contributed by atoms with Crippen LogP contribution in [0.5, 0.6) is 0 Å². The minimum absolute atomic E-state index is 0.213. The normalized spacial score (nSPS) is 13.7. The lowest BCUT2D eigenvalue weighted by Gasteiger charge is -2.20. The number of hydrogen-bond acceptors (Lipinski definition) is 2. The van der Waals surface area contributed by atoms with Crippen LogP contribution in [0.15, 0.2) is 54.6 Å². The third-order valence-corrected chi connectivity index (χ3v) is 5.40. The van der Waals surface area contributed by atoms with E-state index in [0.29, 0.717) is 0 Å². The molecule has 0 radical (unpaired) electrons. The quantitative estimate of drug-likeness (QED) is 0.480. The SMILES string of the molecule is Cc1nn(-c2ccccc2)c2nc3c(c(-c4ccc(F)cc4)c12)CCCC3. The fourth-order valence-corrected chi connectivity index (χ4v) is 4.16. The molecule has 0 aliphatic heterocycles. The molecule has 4 heteroatoms. The second-order valence-corrected chi connectivity index (χ2v) is 7.16. The molecular weight excluding hydrogens is 337 g/mol. The molecule has 0 saturated heterocycles. The van der Waals surface area contributed by atoms with E-state index >= 15 is 0 Å². The van der Waals surface area contributed by atoms with Crippen molar-refractivity contribution in [1.82, 2.24) is 14.8 Å². The molecule has 0 atom stereocenters. The molecule has 2 heterocycles. The Labute approximate surface area is 157 Å². The minimum atomic E-state index is -0.213. The van der Waals surface area contributed by atoms with Crippen molar-refractivity contribution in [3.8, 4) is 16.8 Å². The number of hydrogen-bond donors (Lipinski definition) is 0. The molecule has 0 saturated carbocycles. The van der Waals surface area contributed by atoms with Gasteiger partial charge in [0, 0.05) is 5.69 Å². The van der Waals surface area contributed by atoms with E-state index in [1.165, 1.54) is 29.7 Å². The summed E-state index contributed by atoms with van der Waals surface area (Å²) in [6.45, 7) is 2.03. The predicted octanol–water partition coefficient (Wildman–Crippen LogP) is 5.41. The van der Waals surface area contributed by atoms with Crippen molar-refractivity contribution in [1.29, 1.82) is 0 Å². The highest BCUT2D eigenvalue weighted by Crippen LogP contribution is 2.38. The Kier molecular flexibility index (Phi) is 3.78. The minimum Gasteiger partial charge on any atom is -0.233 e. The zero-order chi connectivity index (χ0) is 18.4. The highest BCUT2D eigenvalue weighted by Gasteiger charge is 2.23. The number of pyridine rings is 1. The third-order valence-electron chi connectivity index (χ3n) is 5.40. The van der Waals surface area contributed by atoms with Gasteiger partial charge in [-0.1, -0.05) is 30.3 Å². The maximum atomic E-state index is 13.5. The van der Waals surface area contributed by atoms with Gasteiger partial charge >= 0.3 is 0 Å². The molecule has 3 nitrogen and oxygen atoms in total. The number of benzene rings is 2. The van der Waals surface area contributed by atoms with Gasteiger partial charge in [0.1, 0.15) is 5.82 Å². The van der Waals surface area contributed by atoms with Gasteiger partial charge in [-0.3, -0.25) is 0 Å². The molecule has 134 valence electrons. The molecule has 0 fully saturated rings. The van der Waals surface area contributed by atoms with E-state index < -0.39 is 0 Å². The summed E-state index contributed by atoms with van der Waals surface area (Å²) in [5.74, 6) is -0.213. The summed E-state index contributed by atoms with van der Waals surface area (Å²) < 4.78 is 15.5. The maximum Gasteiger partial charge on any atom is 0.164 e. The van der Waals surface area contributed by atoms with E-state index in [2.05, 4.69) is 0 Å². The fraction of sp³-hybridized carbons (Fsp3) is 0.217. The fourth-order valence-electron chi connectivity index (χ4n) is 4.16. The largest absolute Gasteiger partial charge is 0.233 e. The monoisotopic (exact) mass is 357 g/mol. The summed E-state index contributed by atoms with van der Waals surface area (Å²) in [5, 5.41) is 5.89. The van der Waals surface area contributed by atoms with Crippen LogP contribution in [0, 0.1) is 12.7 Å². The van der Waals surface area contributed by atoms with Crippen LogP contribution in [0.2, 0.25) is 0 Å². The lowest BCUT2D eigenvalue weighted by atomic mass is 9.87. The van der Waals surface area contributed by atoms with Crippen molar-refractivity contribution in [2.45, 2.75) is 32.6 Å². The molecule has 0 bridgehead atoms. The Hall–Kier alpha value is -3.01. The van der Waals surface area contributed by atoms with Crippen LogP contribution >= 0.6 is 0 Å². The zero-order valence-electron chi connectivity index (χ0n) is 15.2. The Morgan fingerprint density at radius 3 is 2.44 bits per heavy atom. The van der Waals surface area contributed by atoms with E-state index in [9.17, 15) is 4.39 Å². The average Bonchev–Trinajstić information content (AvgIpc) is 3.04. The Morgan fingerprint density at radius 2 is 1.67 bits per heavy atom. The van der Waals surface area contributed by atoms with Crippen LogP contribution in [0.4, 0.5) is 4.39 Å². The van der Waals surface area contributed by atoms with Gasteiger partial charge in [-0.15, -0.1) is 0 Å². The van der Waals surface area contributed by atoms with Crippen molar-refractivity contribution in [3.63, 3.8) is 0 Å². The van der Waals surface area contributed by atoms with Gasteiger partial charge in [-0.05, 0) is 73.6 Å². The van der Waals surface area contributed by atoms with Crippen molar-refractivity contribution in [2.24, 2.45) is 0 Å². The van der Waals surface area contributed by atoms with Crippen molar-refractivity contribution < 1.29 is 4.39 Å².